The van der Waals surface area contributed by atoms with Gasteiger partial charge in [0.25, 0.3) is 0 Å². The third kappa shape index (κ3) is 1.88. The van der Waals surface area contributed by atoms with Crippen molar-refractivity contribution in [1.82, 2.24) is 0 Å². The molecule has 0 radical (unpaired) electrons. The Labute approximate surface area is 91.4 Å². The van der Waals surface area contributed by atoms with E-state index in [1.54, 1.807) is 23.5 Å². The van der Waals surface area contributed by atoms with Gasteiger partial charge in [-0.1, -0.05) is 0 Å². The molecular weight excluding hydrogens is 274 g/mol. The van der Waals surface area contributed by atoms with E-state index in [-0.39, 0.29) is 5.75 Å². The number of rotatable bonds is 2. The number of hydrogen-bond donors (Lipinski definition) is 0. The molecule has 0 N–H and O–H groups in total. The second kappa shape index (κ2) is 3.82. The lowest BCUT2D eigenvalue weighted by atomic mass is 10.2. The molecule has 1 aromatic carbocycles. The standard InChI is InChI=1S/C9H5BrF2OS/c10-6-4-8-5(1-2-14-8)3-7(6)13-9(11)12/h1-4,9H. The highest BCUT2D eigenvalue weighted by Crippen LogP contribution is 2.33. The van der Waals surface area contributed by atoms with Gasteiger partial charge in [0.2, 0.25) is 0 Å². The van der Waals surface area contributed by atoms with Crippen LogP contribution in [0, 0.1) is 0 Å². The summed E-state index contributed by atoms with van der Waals surface area (Å²) in [5, 5.41) is 2.82. The molecular formula is C9H5BrF2OS. The Kier molecular flexibility index (Phi) is 2.69. The summed E-state index contributed by atoms with van der Waals surface area (Å²) in [6, 6.07) is 5.24. The molecule has 1 aromatic heterocycles. The molecule has 0 amide bonds. The molecule has 74 valence electrons. The Morgan fingerprint density at radius 3 is 2.86 bits per heavy atom. The molecule has 2 rings (SSSR count). The first-order valence-electron chi connectivity index (χ1n) is 3.78. The van der Waals surface area contributed by atoms with E-state index in [1.807, 2.05) is 11.4 Å². The minimum atomic E-state index is -2.79. The average molecular weight is 279 g/mol. The minimum absolute atomic E-state index is 0.172. The van der Waals surface area contributed by atoms with Crippen LogP contribution in [0.15, 0.2) is 28.1 Å². The maximum atomic E-state index is 12.0. The summed E-state index contributed by atoms with van der Waals surface area (Å²) < 4.78 is 29.9. The second-order valence-corrected chi connectivity index (χ2v) is 4.42. The van der Waals surface area contributed by atoms with Gasteiger partial charge in [-0.25, -0.2) is 0 Å². The zero-order chi connectivity index (χ0) is 10.1. The van der Waals surface area contributed by atoms with Crippen molar-refractivity contribution >= 4 is 37.4 Å². The number of thiophene rings is 1. The predicted octanol–water partition coefficient (Wildman–Crippen LogP) is 4.27. The van der Waals surface area contributed by atoms with Gasteiger partial charge in [0.15, 0.2) is 0 Å². The Bertz CT molecular complexity index is 455. The number of halogens is 3. The molecule has 0 atom stereocenters. The molecule has 0 fully saturated rings. The zero-order valence-electron chi connectivity index (χ0n) is 6.84. The quantitative estimate of drug-likeness (QED) is 0.797. The van der Waals surface area contributed by atoms with Crippen LogP contribution in [0.3, 0.4) is 0 Å². The molecule has 0 saturated heterocycles. The number of alkyl halides is 2. The first-order chi connectivity index (χ1) is 6.66. The van der Waals surface area contributed by atoms with Gasteiger partial charge >= 0.3 is 6.61 Å². The Morgan fingerprint density at radius 1 is 1.36 bits per heavy atom. The molecule has 0 spiro atoms. The molecule has 0 bridgehead atoms. The summed E-state index contributed by atoms with van der Waals surface area (Å²) in [4.78, 5) is 0. The zero-order valence-corrected chi connectivity index (χ0v) is 9.24. The van der Waals surface area contributed by atoms with Crippen LogP contribution in [0.1, 0.15) is 0 Å². The van der Waals surface area contributed by atoms with Crippen molar-refractivity contribution in [2.75, 3.05) is 0 Å². The van der Waals surface area contributed by atoms with Crippen molar-refractivity contribution in [1.29, 1.82) is 0 Å². The Hall–Kier alpha value is -0.680. The fourth-order valence-electron chi connectivity index (χ4n) is 1.15. The van der Waals surface area contributed by atoms with Crippen molar-refractivity contribution in [3.8, 4) is 5.75 Å². The summed E-state index contributed by atoms with van der Waals surface area (Å²) >= 11 is 4.73. The van der Waals surface area contributed by atoms with E-state index in [4.69, 9.17) is 0 Å². The van der Waals surface area contributed by atoms with Gasteiger partial charge in [0.1, 0.15) is 5.75 Å². The van der Waals surface area contributed by atoms with Crippen LogP contribution in [-0.2, 0) is 0 Å². The van der Waals surface area contributed by atoms with Crippen LogP contribution in [0.2, 0.25) is 0 Å². The van der Waals surface area contributed by atoms with E-state index in [0.29, 0.717) is 4.47 Å². The van der Waals surface area contributed by atoms with Crippen LogP contribution >= 0.6 is 27.3 Å². The van der Waals surface area contributed by atoms with E-state index in [0.717, 1.165) is 10.1 Å². The SMILES string of the molecule is FC(F)Oc1cc2ccsc2cc1Br. The van der Waals surface area contributed by atoms with E-state index >= 15 is 0 Å². The van der Waals surface area contributed by atoms with Gasteiger partial charge in [-0.2, -0.15) is 8.78 Å². The van der Waals surface area contributed by atoms with Crippen LogP contribution in [0.5, 0.6) is 5.75 Å². The van der Waals surface area contributed by atoms with E-state index in [2.05, 4.69) is 20.7 Å². The van der Waals surface area contributed by atoms with Gasteiger partial charge in [-0.15, -0.1) is 11.3 Å². The summed E-state index contributed by atoms with van der Waals surface area (Å²) in [5.74, 6) is 0.172. The van der Waals surface area contributed by atoms with Crippen LogP contribution < -0.4 is 4.74 Å². The van der Waals surface area contributed by atoms with Gasteiger partial charge in [-0.05, 0) is 44.9 Å². The third-order valence-corrected chi connectivity index (χ3v) is 3.22. The second-order valence-electron chi connectivity index (χ2n) is 2.62. The number of hydrogen-bond acceptors (Lipinski definition) is 2. The summed E-state index contributed by atoms with van der Waals surface area (Å²) in [6.07, 6.45) is 0. The number of benzene rings is 1. The molecule has 0 aliphatic carbocycles. The molecule has 5 heteroatoms. The van der Waals surface area contributed by atoms with Crippen molar-refractivity contribution < 1.29 is 13.5 Å². The van der Waals surface area contributed by atoms with Gasteiger partial charge in [0.05, 0.1) is 4.47 Å². The van der Waals surface area contributed by atoms with Crippen LogP contribution in [-0.4, -0.2) is 6.61 Å². The topological polar surface area (TPSA) is 9.23 Å². The van der Waals surface area contributed by atoms with E-state index < -0.39 is 6.61 Å². The monoisotopic (exact) mass is 278 g/mol. The molecule has 2 aromatic rings. The fraction of sp³-hybridized carbons (Fsp3) is 0.111. The summed E-state index contributed by atoms with van der Waals surface area (Å²) in [7, 11) is 0. The maximum Gasteiger partial charge on any atom is 0.387 e. The van der Waals surface area contributed by atoms with Crippen molar-refractivity contribution in [2.24, 2.45) is 0 Å². The first-order valence-corrected chi connectivity index (χ1v) is 5.45. The normalized spacial score (nSPS) is 11.1. The molecule has 14 heavy (non-hydrogen) atoms. The van der Waals surface area contributed by atoms with Gasteiger partial charge < -0.3 is 4.74 Å². The van der Waals surface area contributed by atoms with Crippen molar-refractivity contribution in [3.05, 3.63) is 28.1 Å². The van der Waals surface area contributed by atoms with E-state index in [9.17, 15) is 8.78 Å². The lowest BCUT2D eigenvalue weighted by molar-refractivity contribution is -0.0502. The molecule has 0 unspecified atom stereocenters. The van der Waals surface area contributed by atoms with Crippen LogP contribution in [0.25, 0.3) is 10.1 Å². The summed E-state index contributed by atoms with van der Waals surface area (Å²) in [6.45, 7) is -2.79. The minimum Gasteiger partial charge on any atom is -0.434 e. The van der Waals surface area contributed by atoms with Gasteiger partial charge in [-0.3, -0.25) is 0 Å². The highest BCUT2D eigenvalue weighted by atomic mass is 79.9. The molecule has 0 aliphatic rings. The number of fused-ring (bicyclic) bond motifs is 1. The Balaban J connectivity index is 2.48. The smallest absolute Gasteiger partial charge is 0.387 e. The lowest BCUT2D eigenvalue weighted by Crippen LogP contribution is -2.02. The maximum absolute atomic E-state index is 12.0. The summed E-state index contributed by atoms with van der Waals surface area (Å²) in [5.41, 5.74) is 0. The number of ether oxygens (including phenoxy) is 1. The molecule has 1 heterocycles. The predicted molar refractivity (Wildman–Crippen MR) is 56.2 cm³/mol. The van der Waals surface area contributed by atoms with Crippen molar-refractivity contribution in [3.63, 3.8) is 0 Å². The fourth-order valence-corrected chi connectivity index (χ4v) is 2.55. The highest BCUT2D eigenvalue weighted by molar-refractivity contribution is 9.10. The third-order valence-electron chi connectivity index (χ3n) is 1.72. The molecule has 0 saturated carbocycles. The van der Waals surface area contributed by atoms with E-state index in [1.165, 1.54) is 0 Å². The molecule has 1 nitrogen and oxygen atoms in total. The first kappa shape index (κ1) is 9.86. The lowest BCUT2D eigenvalue weighted by Gasteiger charge is -2.06. The highest BCUT2D eigenvalue weighted by Gasteiger charge is 2.09. The Morgan fingerprint density at radius 2 is 2.14 bits per heavy atom. The van der Waals surface area contributed by atoms with Crippen LogP contribution in [0.4, 0.5) is 8.78 Å². The van der Waals surface area contributed by atoms with Crippen molar-refractivity contribution in [2.45, 2.75) is 6.61 Å². The molecule has 0 aliphatic heterocycles. The average Bonchev–Trinajstić information content (AvgIpc) is 2.51. The van der Waals surface area contributed by atoms with Gasteiger partial charge in [0, 0.05) is 4.70 Å². The largest absolute Gasteiger partial charge is 0.434 e.